The first kappa shape index (κ1) is 26.0. The molecule has 0 saturated heterocycles. The second kappa shape index (κ2) is 13.3. The maximum absolute atomic E-state index is 12.6. The van der Waals surface area contributed by atoms with E-state index in [1.165, 1.54) is 25.7 Å². The molecule has 4 rings (SSSR count). The average Bonchev–Trinajstić information content (AvgIpc) is 3.44. The third kappa shape index (κ3) is 7.68. The zero-order chi connectivity index (χ0) is 25.9. The van der Waals surface area contributed by atoms with Crippen LogP contribution in [0.5, 0.6) is 11.5 Å². The molecular weight excluding hydrogens is 464 g/mol. The Morgan fingerprint density at radius 3 is 1.84 bits per heavy atom. The fourth-order valence-electron chi connectivity index (χ4n) is 3.94. The van der Waals surface area contributed by atoms with Crippen LogP contribution in [0.25, 0.3) is 11.1 Å². The summed E-state index contributed by atoms with van der Waals surface area (Å²) in [5, 5.41) is 0. The molecule has 0 saturated carbocycles. The van der Waals surface area contributed by atoms with E-state index in [1.54, 1.807) is 48.5 Å². The molecule has 37 heavy (non-hydrogen) atoms. The highest BCUT2D eigenvalue weighted by Gasteiger charge is 2.13. The summed E-state index contributed by atoms with van der Waals surface area (Å²) in [5.41, 5.74) is 2.84. The van der Waals surface area contributed by atoms with Crippen molar-refractivity contribution in [3.63, 3.8) is 0 Å². The van der Waals surface area contributed by atoms with Crippen LogP contribution in [0.3, 0.4) is 0 Å². The van der Waals surface area contributed by atoms with Crippen LogP contribution in [0.2, 0.25) is 0 Å². The van der Waals surface area contributed by atoms with E-state index in [-0.39, 0.29) is 12.1 Å². The third-order valence-electron chi connectivity index (χ3n) is 6.08. The molecule has 0 bridgehead atoms. The van der Waals surface area contributed by atoms with Gasteiger partial charge in [0.25, 0.3) is 0 Å². The van der Waals surface area contributed by atoms with Crippen molar-refractivity contribution >= 4 is 11.9 Å². The van der Waals surface area contributed by atoms with E-state index in [0.717, 1.165) is 23.3 Å². The highest BCUT2D eigenvalue weighted by atomic mass is 16.5. The molecule has 0 heterocycles. The number of hydrogen-bond donors (Lipinski definition) is 0. The molecule has 0 amide bonds. The molecule has 190 valence electrons. The number of rotatable bonds is 12. The summed E-state index contributed by atoms with van der Waals surface area (Å²) in [6.45, 7) is 2.89. The van der Waals surface area contributed by atoms with E-state index < -0.39 is 5.97 Å². The average molecular weight is 497 g/mol. The maximum atomic E-state index is 12.6. The van der Waals surface area contributed by atoms with E-state index in [4.69, 9.17) is 14.2 Å². The van der Waals surface area contributed by atoms with Gasteiger partial charge in [-0.15, -0.1) is 0 Å². The summed E-state index contributed by atoms with van der Waals surface area (Å²) < 4.78 is 16.7. The van der Waals surface area contributed by atoms with Gasteiger partial charge in [0, 0.05) is 0 Å². The highest BCUT2D eigenvalue weighted by Crippen LogP contribution is 2.24. The summed E-state index contributed by atoms with van der Waals surface area (Å²) in [5.74, 6) is 0.424. The highest BCUT2D eigenvalue weighted by molar-refractivity contribution is 5.91. The largest absolute Gasteiger partial charge is 0.494 e. The summed E-state index contributed by atoms with van der Waals surface area (Å²) in [6.07, 6.45) is 13.0. The minimum Gasteiger partial charge on any atom is -0.494 e. The molecule has 3 aromatic rings. The number of carbonyl (C=O) groups is 2. The lowest BCUT2D eigenvalue weighted by atomic mass is 10.0. The Balaban J connectivity index is 1.26. The van der Waals surface area contributed by atoms with Gasteiger partial charge in [-0.05, 0) is 78.2 Å². The molecule has 0 spiro atoms. The minimum absolute atomic E-state index is 0.307. The predicted molar refractivity (Wildman–Crippen MR) is 145 cm³/mol. The van der Waals surface area contributed by atoms with Gasteiger partial charge in [0.2, 0.25) is 0 Å². The third-order valence-corrected chi connectivity index (χ3v) is 6.08. The number of carbonyl (C=O) groups excluding carboxylic acids is 2. The number of unbranched alkanes of at least 4 members (excludes halogenated alkanes) is 4. The van der Waals surface area contributed by atoms with Crippen molar-refractivity contribution < 1.29 is 23.8 Å². The van der Waals surface area contributed by atoms with Crippen LogP contribution >= 0.6 is 0 Å². The molecule has 1 aliphatic carbocycles. The predicted octanol–water partition coefficient (Wildman–Crippen LogP) is 7.57. The van der Waals surface area contributed by atoms with Gasteiger partial charge in [-0.2, -0.15) is 0 Å². The second-order valence-electron chi connectivity index (χ2n) is 8.92. The molecule has 1 aliphatic rings. The Hall–Kier alpha value is -4.12. The van der Waals surface area contributed by atoms with Gasteiger partial charge in [-0.1, -0.05) is 69.0 Å². The van der Waals surface area contributed by atoms with Gasteiger partial charge in [0.05, 0.1) is 17.7 Å². The molecule has 0 fully saturated rings. The topological polar surface area (TPSA) is 61.8 Å². The smallest absolute Gasteiger partial charge is 0.343 e. The van der Waals surface area contributed by atoms with Crippen LogP contribution in [0, 0.1) is 0 Å². The van der Waals surface area contributed by atoms with Crippen LogP contribution in [-0.4, -0.2) is 24.6 Å². The van der Waals surface area contributed by atoms with E-state index in [0.29, 0.717) is 23.5 Å². The first-order valence-corrected chi connectivity index (χ1v) is 12.8. The Morgan fingerprint density at radius 2 is 1.19 bits per heavy atom. The molecule has 0 aliphatic heterocycles. The second-order valence-corrected chi connectivity index (χ2v) is 8.92. The van der Waals surface area contributed by atoms with Crippen LogP contribution in [-0.2, 0) is 4.74 Å². The van der Waals surface area contributed by atoms with Crippen molar-refractivity contribution in [3.05, 3.63) is 108 Å². The molecular formula is C32H32O5. The van der Waals surface area contributed by atoms with Gasteiger partial charge in [-0.25, -0.2) is 9.59 Å². The van der Waals surface area contributed by atoms with Crippen molar-refractivity contribution in [2.45, 2.75) is 45.1 Å². The minimum atomic E-state index is -0.423. The monoisotopic (exact) mass is 496 g/mol. The molecule has 0 N–H and O–H groups in total. The summed E-state index contributed by atoms with van der Waals surface area (Å²) >= 11 is 0. The van der Waals surface area contributed by atoms with Crippen LogP contribution in [0.1, 0.15) is 59.7 Å². The van der Waals surface area contributed by atoms with E-state index >= 15 is 0 Å². The summed E-state index contributed by atoms with van der Waals surface area (Å²) in [7, 11) is 0. The first-order valence-electron chi connectivity index (χ1n) is 12.8. The van der Waals surface area contributed by atoms with Gasteiger partial charge in [-0.3, -0.25) is 0 Å². The lowest BCUT2D eigenvalue weighted by molar-refractivity contribution is 0.0466. The van der Waals surface area contributed by atoms with Gasteiger partial charge < -0.3 is 14.2 Å². The fraction of sp³-hybridized carbons (Fsp3) is 0.250. The number of ether oxygens (including phenoxy) is 3. The zero-order valence-electron chi connectivity index (χ0n) is 21.1. The Bertz CT molecular complexity index is 1210. The van der Waals surface area contributed by atoms with Gasteiger partial charge in [0.15, 0.2) is 0 Å². The number of benzene rings is 3. The molecule has 3 aromatic carbocycles. The lowest BCUT2D eigenvalue weighted by Gasteiger charge is -2.10. The molecule has 0 unspecified atom stereocenters. The first-order chi connectivity index (χ1) is 18.1. The maximum Gasteiger partial charge on any atom is 0.343 e. The van der Waals surface area contributed by atoms with Crippen LogP contribution in [0.4, 0.5) is 0 Å². The van der Waals surface area contributed by atoms with E-state index in [1.807, 2.05) is 48.6 Å². The molecule has 5 nitrogen and oxygen atoms in total. The van der Waals surface area contributed by atoms with Crippen molar-refractivity contribution in [2.75, 3.05) is 6.61 Å². The van der Waals surface area contributed by atoms with E-state index in [2.05, 4.69) is 6.92 Å². The van der Waals surface area contributed by atoms with Crippen molar-refractivity contribution in [2.24, 2.45) is 0 Å². The quantitative estimate of drug-likeness (QED) is 0.147. The SMILES string of the molecule is CCCCCCCOc1ccc(C(=O)Oc2ccc(-c3ccc(C(=O)OC4C=CC=C4)cc3)cc2)cc1. The Morgan fingerprint density at radius 1 is 0.649 bits per heavy atom. The van der Waals surface area contributed by atoms with Crippen molar-refractivity contribution in [3.8, 4) is 22.6 Å². The number of hydrogen-bond acceptors (Lipinski definition) is 5. The standard InChI is InChI=1S/C32H32O5/c1-2-3-4-5-8-23-35-28-19-17-27(18-20-28)32(34)37-30-21-15-25(16-22-30)24-11-13-26(14-12-24)31(33)36-29-9-6-7-10-29/h6-7,9-22,29H,2-5,8,23H2,1H3. The van der Waals surface area contributed by atoms with Crippen LogP contribution in [0.15, 0.2) is 97.1 Å². The number of allylic oxidation sites excluding steroid dienone is 2. The van der Waals surface area contributed by atoms with Crippen molar-refractivity contribution in [1.82, 2.24) is 0 Å². The molecule has 0 radical (unpaired) electrons. The van der Waals surface area contributed by atoms with Crippen molar-refractivity contribution in [1.29, 1.82) is 0 Å². The van der Waals surface area contributed by atoms with Crippen LogP contribution < -0.4 is 9.47 Å². The molecule has 0 aromatic heterocycles. The Kier molecular flexibility index (Phi) is 9.30. The lowest BCUT2D eigenvalue weighted by Crippen LogP contribution is -2.12. The summed E-state index contributed by atoms with van der Waals surface area (Å²) in [4.78, 5) is 24.8. The zero-order valence-corrected chi connectivity index (χ0v) is 21.1. The number of esters is 2. The molecule has 5 heteroatoms. The summed E-state index contributed by atoms with van der Waals surface area (Å²) in [6, 6.07) is 21.5. The van der Waals surface area contributed by atoms with E-state index in [9.17, 15) is 9.59 Å². The van der Waals surface area contributed by atoms with Gasteiger partial charge >= 0.3 is 11.9 Å². The molecule has 0 atom stereocenters. The normalized spacial score (nSPS) is 12.5. The Labute approximate surface area is 218 Å². The fourth-order valence-corrected chi connectivity index (χ4v) is 3.94. The van der Waals surface area contributed by atoms with Gasteiger partial charge in [0.1, 0.15) is 17.6 Å².